The lowest BCUT2D eigenvalue weighted by molar-refractivity contribution is -0.384. The van der Waals surface area contributed by atoms with Crippen molar-refractivity contribution in [1.29, 1.82) is 0 Å². The first-order chi connectivity index (χ1) is 20.4. The van der Waals surface area contributed by atoms with Gasteiger partial charge in [0.15, 0.2) is 5.65 Å². The van der Waals surface area contributed by atoms with Crippen LogP contribution in [-0.2, 0) is 6.42 Å². The van der Waals surface area contributed by atoms with Crippen molar-refractivity contribution in [3.63, 3.8) is 0 Å². The molecule has 1 saturated carbocycles. The van der Waals surface area contributed by atoms with E-state index in [9.17, 15) is 19.3 Å². The number of carbonyl (C=O) groups is 1. The topological polar surface area (TPSA) is 110 Å². The third-order valence-electron chi connectivity index (χ3n) is 8.40. The zero-order valence-corrected chi connectivity index (χ0v) is 23.7. The number of non-ortho nitro benzene ring substituents is 1. The van der Waals surface area contributed by atoms with E-state index in [0.717, 1.165) is 41.3 Å². The third kappa shape index (κ3) is 5.68. The number of fused-ring (bicyclic) bond motifs is 1. The molecule has 0 spiro atoms. The van der Waals surface area contributed by atoms with Gasteiger partial charge in [0.05, 0.1) is 21.7 Å². The summed E-state index contributed by atoms with van der Waals surface area (Å²) in [5.41, 5.74) is 2.62. The van der Waals surface area contributed by atoms with Gasteiger partial charge >= 0.3 is 0 Å². The highest BCUT2D eigenvalue weighted by Gasteiger charge is 2.27. The van der Waals surface area contributed by atoms with Crippen molar-refractivity contribution in [2.24, 2.45) is 5.92 Å². The van der Waals surface area contributed by atoms with Gasteiger partial charge in [0.2, 0.25) is 0 Å². The summed E-state index contributed by atoms with van der Waals surface area (Å²) in [5.74, 6) is 1.71. The highest BCUT2D eigenvalue weighted by molar-refractivity contribution is 5.94. The van der Waals surface area contributed by atoms with Crippen molar-refractivity contribution >= 4 is 28.4 Å². The number of carbonyl (C=O) groups excluding carboxylic acids is 1. The van der Waals surface area contributed by atoms with Gasteiger partial charge in [-0.15, -0.1) is 0 Å². The number of nitro benzene ring substituents is 1. The van der Waals surface area contributed by atoms with Crippen LogP contribution >= 0.6 is 0 Å². The molecule has 2 aromatic carbocycles. The predicted octanol–water partition coefficient (Wildman–Crippen LogP) is 5.65. The number of hydrogen-bond acceptors (Lipinski definition) is 7. The Kier molecular flexibility index (Phi) is 7.82. The van der Waals surface area contributed by atoms with Gasteiger partial charge in [0, 0.05) is 50.3 Å². The summed E-state index contributed by atoms with van der Waals surface area (Å²) < 4.78 is 15.5. The summed E-state index contributed by atoms with van der Waals surface area (Å²) in [5, 5.41) is 16.7. The fourth-order valence-electron chi connectivity index (χ4n) is 6.18. The molecule has 1 aliphatic carbocycles. The SMILES string of the molecule is Cc1nn(-c2ccc(F)cc2)c2nc(CC3CCCCC3)nc(N3CCCN(C(=O)c4ccc([N+](=O)[O-])cc4)CC3)c12. The number of aromatic nitrogens is 4. The van der Waals surface area contributed by atoms with Gasteiger partial charge in [-0.2, -0.15) is 5.10 Å². The maximum absolute atomic E-state index is 13.7. The molecule has 1 amide bonds. The van der Waals surface area contributed by atoms with E-state index in [1.165, 1.54) is 68.5 Å². The monoisotopic (exact) mass is 571 g/mol. The van der Waals surface area contributed by atoms with Crippen molar-refractivity contribution in [3.05, 3.63) is 81.5 Å². The van der Waals surface area contributed by atoms with Crippen molar-refractivity contribution in [3.8, 4) is 5.69 Å². The van der Waals surface area contributed by atoms with Gasteiger partial charge in [0.25, 0.3) is 11.6 Å². The molecule has 10 nitrogen and oxygen atoms in total. The Bertz CT molecular complexity index is 1600. The molecule has 0 N–H and O–H groups in total. The summed E-state index contributed by atoms with van der Waals surface area (Å²) >= 11 is 0. The lowest BCUT2D eigenvalue weighted by Gasteiger charge is -2.25. The molecule has 1 aliphatic heterocycles. The van der Waals surface area contributed by atoms with Gasteiger partial charge in [-0.25, -0.2) is 19.0 Å². The Morgan fingerprint density at radius 1 is 0.952 bits per heavy atom. The molecule has 0 atom stereocenters. The van der Waals surface area contributed by atoms with E-state index >= 15 is 0 Å². The Balaban J connectivity index is 1.32. The van der Waals surface area contributed by atoms with Crippen LogP contribution in [0.1, 0.15) is 60.4 Å². The largest absolute Gasteiger partial charge is 0.354 e. The molecule has 2 fully saturated rings. The molecule has 2 aliphatic rings. The number of anilines is 1. The van der Waals surface area contributed by atoms with Crippen LogP contribution in [0.2, 0.25) is 0 Å². The number of amides is 1. The van der Waals surface area contributed by atoms with Gasteiger partial charge in [-0.3, -0.25) is 14.9 Å². The van der Waals surface area contributed by atoms with Crippen LogP contribution in [0, 0.1) is 28.8 Å². The molecule has 0 unspecified atom stereocenters. The molecule has 4 aromatic rings. The second-order valence-electron chi connectivity index (χ2n) is 11.3. The number of nitro groups is 1. The first kappa shape index (κ1) is 27.7. The van der Waals surface area contributed by atoms with Crippen molar-refractivity contribution in [2.45, 2.75) is 51.9 Å². The molecule has 0 bridgehead atoms. The van der Waals surface area contributed by atoms with E-state index in [4.69, 9.17) is 15.1 Å². The van der Waals surface area contributed by atoms with Crippen LogP contribution in [0.15, 0.2) is 48.5 Å². The second kappa shape index (κ2) is 11.8. The van der Waals surface area contributed by atoms with Crippen molar-refractivity contribution in [1.82, 2.24) is 24.6 Å². The molecule has 6 rings (SSSR count). The molecule has 1 saturated heterocycles. The summed E-state index contributed by atoms with van der Waals surface area (Å²) in [7, 11) is 0. The fraction of sp³-hybridized carbons (Fsp3) is 0.419. The minimum Gasteiger partial charge on any atom is -0.354 e. The minimum atomic E-state index is -0.469. The summed E-state index contributed by atoms with van der Waals surface area (Å²) in [6.07, 6.45) is 7.64. The van der Waals surface area contributed by atoms with Crippen LogP contribution < -0.4 is 4.90 Å². The van der Waals surface area contributed by atoms with Gasteiger partial charge in [0.1, 0.15) is 17.5 Å². The first-order valence-corrected chi connectivity index (χ1v) is 14.7. The highest BCUT2D eigenvalue weighted by atomic mass is 19.1. The van der Waals surface area contributed by atoms with Crippen molar-refractivity contribution in [2.75, 3.05) is 31.1 Å². The van der Waals surface area contributed by atoms with E-state index in [-0.39, 0.29) is 17.4 Å². The lowest BCUT2D eigenvalue weighted by atomic mass is 9.87. The fourth-order valence-corrected chi connectivity index (χ4v) is 6.18. The number of nitrogens with zero attached hydrogens (tertiary/aromatic N) is 7. The maximum atomic E-state index is 13.7. The van der Waals surface area contributed by atoms with Crippen LogP contribution in [-0.4, -0.2) is 61.7 Å². The third-order valence-corrected chi connectivity index (χ3v) is 8.40. The minimum absolute atomic E-state index is 0.0399. The predicted molar refractivity (Wildman–Crippen MR) is 157 cm³/mol. The van der Waals surface area contributed by atoms with Crippen LogP contribution in [0.5, 0.6) is 0 Å². The summed E-state index contributed by atoms with van der Waals surface area (Å²) in [4.78, 5) is 38.0. The Labute approximate surface area is 243 Å². The highest BCUT2D eigenvalue weighted by Crippen LogP contribution is 2.32. The van der Waals surface area contributed by atoms with Crippen LogP contribution in [0.3, 0.4) is 0 Å². The number of halogens is 1. The van der Waals surface area contributed by atoms with E-state index in [2.05, 4.69) is 4.90 Å². The lowest BCUT2D eigenvalue weighted by Crippen LogP contribution is -2.35. The first-order valence-electron chi connectivity index (χ1n) is 14.7. The summed E-state index contributed by atoms with van der Waals surface area (Å²) in [6.45, 7) is 4.29. The zero-order chi connectivity index (χ0) is 29.2. The second-order valence-corrected chi connectivity index (χ2v) is 11.3. The molecule has 2 aromatic heterocycles. The Morgan fingerprint density at radius 2 is 1.69 bits per heavy atom. The zero-order valence-electron chi connectivity index (χ0n) is 23.7. The van der Waals surface area contributed by atoms with E-state index in [1.54, 1.807) is 21.7 Å². The van der Waals surface area contributed by atoms with Crippen molar-refractivity contribution < 1.29 is 14.1 Å². The Hall–Kier alpha value is -4.41. The smallest absolute Gasteiger partial charge is 0.269 e. The van der Waals surface area contributed by atoms with E-state index in [1.807, 2.05) is 6.92 Å². The normalized spacial score (nSPS) is 16.5. The molecular weight excluding hydrogens is 537 g/mol. The molecule has 42 heavy (non-hydrogen) atoms. The average molecular weight is 572 g/mol. The molecular formula is C31H34FN7O3. The van der Waals surface area contributed by atoms with Crippen LogP contribution in [0.4, 0.5) is 15.9 Å². The average Bonchev–Trinajstić information content (AvgIpc) is 3.16. The molecule has 11 heteroatoms. The van der Waals surface area contributed by atoms with Gasteiger partial charge < -0.3 is 9.80 Å². The van der Waals surface area contributed by atoms with E-state index < -0.39 is 4.92 Å². The van der Waals surface area contributed by atoms with Gasteiger partial charge in [-0.1, -0.05) is 32.1 Å². The van der Waals surface area contributed by atoms with Crippen LogP contribution in [0.25, 0.3) is 16.7 Å². The Morgan fingerprint density at radius 3 is 2.40 bits per heavy atom. The quantitative estimate of drug-likeness (QED) is 0.217. The number of aryl methyl sites for hydroxylation is 1. The molecule has 218 valence electrons. The number of hydrogen-bond donors (Lipinski definition) is 0. The van der Waals surface area contributed by atoms with E-state index in [0.29, 0.717) is 43.3 Å². The van der Waals surface area contributed by atoms with Gasteiger partial charge in [-0.05, 0) is 55.7 Å². The maximum Gasteiger partial charge on any atom is 0.269 e. The summed E-state index contributed by atoms with van der Waals surface area (Å²) in [6, 6.07) is 12.0. The molecule has 3 heterocycles. The number of rotatable bonds is 6. The molecule has 0 radical (unpaired) electrons. The number of benzene rings is 2. The standard InChI is InChI=1S/C31H34FN7O3/c1-21-28-29(36-16-5-17-37(19-18-36)31(40)23-8-12-26(13-9-23)39(41)42)33-27(20-22-6-3-2-4-7-22)34-30(28)38(35-21)25-14-10-24(32)11-15-25/h8-15,22H,2-7,16-20H2,1H3.